The molecule has 0 saturated heterocycles. The Bertz CT molecular complexity index is 607. The van der Waals surface area contributed by atoms with E-state index in [1.165, 1.54) is 13.4 Å². The van der Waals surface area contributed by atoms with Gasteiger partial charge in [-0.25, -0.2) is 0 Å². The lowest BCUT2D eigenvalue weighted by Gasteiger charge is -2.20. The average Bonchev–Trinajstić information content (AvgIpc) is 2.95. The molecule has 2 atom stereocenters. The van der Waals surface area contributed by atoms with Crippen molar-refractivity contribution in [1.82, 2.24) is 0 Å². The summed E-state index contributed by atoms with van der Waals surface area (Å²) in [7, 11) is 1.53. The second kappa shape index (κ2) is 9.66. The van der Waals surface area contributed by atoms with Gasteiger partial charge in [0.2, 0.25) is 0 Å². The summed E-state index contributed by atoms with van der Waals surface area (Å²) in [6, 6.07) is 0. The van der Waals surface area contributed by atoms with Crippen molar-refractivity contribution in [1.29, 1.82) is 0 Å². The molecule has 1 radical (unpaired) electrons. The molecular formula is C16H20BO8. The molecule has 0 fully saturated rings. The van der Waals surface area contributed by atoms with Crippen LogP contribution in [0.3, 0.4) is 0 Å². The maximum atomic E-state index is 11.5. The third kappa shape index (κ3) is 6.44. The summed E-state index contributed by atoms with van der Waals surface area (Å²) in [5, 5.41) is 36.2. The Balaban J connectivity index is 2.97. The first-order valence-electron chi connectivity index (χ1n) is 7.88. The molecule has 0 aliphatic carbocycles. The highest BCUT2D eigenvalue weighted by molar-refractivity contribution is 6.53. The molecule has 25 heavy (non-hydrogen) atoms. The van der Waals surface area contributed by atoms with Gasteiger partial charge >= 0.3 is 23.9 Å². The van der Waals surface area contributed by atoms with E-state index in [2.05, 4.69) is 0 Å². The zero-order valence-electron chi connectivity index (χ0n) is 13.6. The van der Waals surface area contributed by atoms with Crippen molar-refractivity contribution >= 4 is 31.2 Å². The van der Waals surface area contributed by atoms with Gasteiger partial charge in [-0.2, -0.15) is 0 Å². The highest BCUT2D eigenvalue weighted by Crippen LogP contribution is 2.32. The molecule has 0 aromatic heterocycles. The summed E-state index contributed by atoms with van der Waals surface area (Å²) < 4.78 is 0. The van der Waals surface area contributed by atoms with Gasteiger partial charge in [0.1, 0.15) is 0 Å². The van der Waals surface area contributed by atoms with Gasteiger partial charge < -0.3 is 20.4 Å². The highest BCUT2D eigenvalue weighted by atomic mass is 16.4. The summed E-state index contributed by atoms with van der Waals surface area (Å²) in [5.74, 6) is -4.77. The van der Waals surface area contributed by atoms with Crippen LogP contribution in [0.4, 0.5) is 0 Å². The fourth-order valence-electron chi connectivity index (χ4n) is 2.82. The minimum absolute atomic E-state index is 0.0834. The molecule has 4 N–H and O–H groups in total. The van der Waals surface area contributed by atoms with Gasteiger partial charge in [-0.15, -0.1) is 5.98 Å². The standard InChI is InChI=1S/C16H20BO8/c18-12(19)5-1-3-10(15(22)23)9-7-8-17-14(9)11(16(24)25)4-2-6-13(20)21/h7-8,10-11H,1-6H2,(H,18,19)(H,20,21)(H,22,23)(H,24,25). The van der Waals surface area contributed by atoms with Crippen molar-refractivity contribution < 1.29 is 39.6 Å². The summed E-state index contributed by atoms with van der Waals surface area (Å²) in [6.07, 6.45) is 1.69. The Labute approximate surface area is 145 Å². The van der Waals surface area contributed by atoms with Crippen LogP contribution in [0.15, 0.2) is 23.1 Å². The van der Waals surface area contributed by atoms with Crippen LogP contribution in [0.5, 0.6) is 0 Å². The second-order valence-electron chi connectivity index (χ2n) is 5.79. The smallest absolute Gasteiger partial charge is 0.310 e. The van der Waals surface area contributed by atoms with E-state index >= 15 is 0 Å². The van der Waals surface area contributed by atoms with Crippen LogP contribution in [0.25, 0.3) is 0 Å². The van der Waals surface area contributed by atoms with Crippen molar-refractivity contribution in [3.8, 4) is 0 Å². The first kappa shape index (κ1) is 20.5. The molecule has 0 aromatic rings. The lowest BCUT2D eigenvalue weighted by atomic mass is 9.64. The maximum Gasteiger partial charge on any atom is 0.310 e. The number of carbonyl (C=O) groups is 4. The Kier molecular flexibility index (Phi) is 7.91. The zero-order chi connectivity index (χ0) is 19.0. The SMILES string of the molecule is O=C(O)CCCC(C(=O)O)C1=C(C(CCCC(=O)O)C(=O)O)C=C[B]1. The van der Waals surface area contributed by atoms with Gasteiger partial charge in [-0.05, 0) is 31.3 Å². The molecule has 0 saturated carbocycles. The highest BCUT2D eigenvalue weighted by Gasteiger charge is 2.31. The normalized spacial score (nSPS) is 15.5. The molecule has 2 unspecified atom stereocenters. The van der Waals surface area contributed by atoms with Crippen LogP contribution < -0.4 is 0 Å². The average molecular weight is 351 g/mol. The van der Waals surface area contributed by atoms with Gasteiger partial charge in [-0.1, -0.05) is 11.5 Å². The van der Waals surface area contributed by atoms with Crippen LogP contribution in [0.2, 0.25) is 0 Å². The van der Waals surface area contributed by atoms with Gasteiger partial charge in [0, 0.05) is 12.8 Å². The summed E-state index contributed by atoms with van der Waals surface area (Å²) in [5.41, 5.74) is 0.696. The Morgan fingerprint density at radius 3 is 1.76 bits per heavy atom. The molecule has 1 rings (SSSR count). The van der Waals surface area contributed by atoms with E-state index in [1.807, 2.05) is 0 Å². The van der Waals surface area contributed by atoms with Crippen LogP contribution in [-0.2, 0) is 19.2 Å². The fourth-order valence-corrected chi connectivity index (χ4v) is 2.82. The second-order valence-corrected chi connectivity index (χ2v) is 5.79. The van der Waals surface area contributed by atoms with Gasteiger partial charge in [0.25, 0.3) is 0 Å². The van der Waals surface area contributed by atoms with Crippen LogP contribution >= 0.6 is 0 Å². The zero-order valence-corrected chi connectivity index (χ0v) is 13.6. The van der Waals surface area contributed by atoms with Crippen LogP contribution in [0, 0.1) is 11.8 Å². The summed E-state index contributed by atoms with van der Waals surface area (Å²) in [6.45, 7) is 0. The first-order chi connectivity index (χ1) is 11.7. The Hall–Kier alpha value is -2.58. The van der Waals surface area contributed by atoms with Gasteiger partial charge in [0.05, 0.1) is 11.8 Å². The molecule has 1 aliphatic rings. The van der Waals surface area contributed by atoms with E-state index in [4.69, 9.17) is 10.2 Å². The molecule has 0 spiro atoms. The molecule has 0 aromatic carbocycles. The maximum absolute atomic E-state index is 11.5. The number of carboxylic acids is 4. The topological polar surface area (TPSA) is 149 Å². The molecule has 135 valence electrons. The quantitative estimate of drug-likeness (QED) is 0.385. The van der Waals surface area contributed by atoms with E-state index in [9.17, 15) is 29.4 Å². The summed E-state index contributed by atoms with van der Waals surface area (Å²) >= 11 is 0. The molecule has 9 heteroatoms. The molecular weight excluding hydrogens is 331 g/mol. The van der Waals surface area contributed by atoms with Gasteiger partial charge in [0.15, 0.2) is 7.28 Å². The molecule has 8 nitrogen and oxygen atoms in total. The van der Waals surface area contributed by atoms with E-state index in [-0.39, 0.29) is 38.5 Å². The molecule has 1 aliphatic heterocycles. The van der Waals surface area contributed by atoms with Crippen molar-refractivity contribution in [3.05, 3.63) is 23.1 Å². The van der Waals surface area contributed by atoms with Gasteiger partial charge in [-0.3, -0.25) is 19.2 Å². The third-order valence-corrected chi connectivity index (χ3v) is 4.00. The molecule has 0 bridgehead atoms. The van der Waals surface area contributed by atoms with Crippen LogP contribution in [-0.4, -0.2) is 51.6 Å². The number of hydrogen-bond acceptors (Lipinski definition) is 4. The Morgan fingerprint density at radius 1 is 0.840 bits per heavy atom. The lowest BCUT2D eigenvalue weighted by Crippen LogP contribution is -2.23. The van der Waals surface area contributed by atoms with E-state index in [0.717, 1.165) is 0 Å². The minimum Gasteiger partial charge on any atom is -0.481 e. The Morgan fingerprint density at radius 2 is 1.32 bits per heavy atom. The largest absolute Gasteiger partial charge is 0.481 e. The van der Waals surface area contributed by atoms with Crippen molar-refractivity contribution in [3.63, 3.8) is 0 Å². The number of aliphatic carboxylic acids is 4. The first-order valence-corrected chi connectivity index (χ1v) is 7.88. The van der Waals surface area contributed by atoms with Crippen molar-refractivity contribution in [2.75, 3.05) is 0 Å². The monoisotopic (exact) mass is 351 g/mol. The predicted molar refractivity (Wildman–Crippen MR) is 87.1 cm³/mol. The molecule has 0 amide bonds. The van der Waals surface area contributed by atoms with E-state index in [1.54, 1.807) is 5.98 Å². The van der Waals surface area contributed by atoms with Crippen LogP contribution in [0.1, 0.15) is 38.5 Å². The number of allylic oxidation sites excluding steroid dienone is 1. The number of rotatable bonds is 12. The molecule has 1 heterocycles. The van der Waals surface area contributed by atoms with Crippen molar-refractivity contribution in [2.45, 2.75) is 38.5 Å². The lowest BCUT2D eigenvalue weighted by molar-refractivity contribution is -0.142. The fraction of sp³-hybridized carbons (Fsp3) is 0.500. The van der Waals surface area contributed by atoms with E-state index in [0.29, 0.717) is 11.0 Å². The van der Waals surface area contributed by atoms with E-state index < -0.39 is 35.7 Å². The number of hydrogen-bond donors (Lipinski definition) is 4. The predicted octanol–water partition coefficient (Wildman–Crippen LogP) is 1.38. The number of carboxylic acid groups (broad SMARTS) is 4. The third-order valence-electron chi connectivity index (χ3n) is 4.00. The summed E-state index contributed by atoms with van der Waals surface area (Å²) in [4.78, 5) is 44.3. The minimum atomic E-state index is -1.15. The van der Waals surface area contributed by atoms with Crippen molar-refractivity contribution in [2.24, 2.45) is 11.8 Å².